The first kappa shape index (κ1) is 27.0. The third-order valence-corrected chi connectivity index (χ3v) is 11.1. The molecule has 1 N–H and O–H groups in total. The molecule has 6 rings (SSSR count). The summed E-state index contributed by atoms with van der Waals surface area (Å²) in [5, 5.41) is 11.1. The summed E-state index contributed by atoms with van der Waals surface area (Å²) in [7, 11) is 0. The Hall–Kier alpha value is -2.20. The minimum absolute atomic E-state index is 0.0620. The van der Waals surface area contributed by atoms with Gasteiger partial charge in [-0.1, -0.05) is 61.7 Å². The van der Waals surface area contributed by atoms with Gasteiger partial charge in [0.1, 0.15) is 5.75 Å². The number of carbonyl (C=O) groups excluding carboxylic acids is 4. The van der Waals surface area contributed by atoms with Crippen molar-refractivity contribution in [1.29, 1.82) is 0 Å². The van der Waals surface area contributed by atoms with Crippen molar-refractivity contribution in [2.24, 2.45) is 17.8 Å². The van der Waals surface area contributed by atoms with Gasteiger partial charge in [0, 0.05) is 16.0 Å². The molecule has 2 heterocycles. The first-order valence-corrected chi connectivity index (χ1v) is 15.1. The number of benzene rings is 2. The summed E-state index contributed by atoms with van der Waals surface area (Å²) in [6.45, 7) is 1.72. The molecule has 2 aliphatic heterocycles. The van der Waals surface area contributed by atoms with E-state index in [0.29, 0.717) is 22.4 Å². The summed E-state index contributed by atoms with van der Waals surface area (Å²) < 4.78 is 0.808. The van der Waals surface area contributed by atoms with Crippen LogP contribution < -0.4 is 4.90 Å². The van der Waals surface area contributed by atoms with Crippen LogP contribution in [-0.4, -0.2) is 48.8 Å². The molecule has 202 valence electrons. The number of anilines is 1. The number of hydrogen-bond acceptors (Lipinski definition) is 5. The van der Waals surface area contributed by atoms with Gasteiger partial charge in [0.25, 0.3) is 11.8 Å². The van der Waals surface area contributed by atoms with E-state index in [9.17, 15) is 24.3 Å². The lowest BCUT2D eigenvalue weighted by molar-refractivity contribution is -0.138. The Morgan fingerprint density at radius 1 is 1.00 bits per heavy atom. The van der Waals surface area contributed by atoms with E-state index in [2.05, 4.69) is 31.9 Å². The van der Waals surface area contributed by atoms with Crippen molar-refractivity contribution in [3.05, 3.63) is 69.7 Å². The monoisotopic (exact) mass is 694 g/mol. The topological polar surface area (TPSA) is 95.0 Å². The molecule has 2 saturated heterocycles. The average Bonchev–Trinajstić information content (AvgIpc) is 3.24. The first-order valence-electron chi connectivity index (χ1n) is 12.4. The molecule has 0 radical (unpaired) electrons. The highest BCUT2D eigenvalue weighted by Crippen LogP contribution is 2.66. The second kappa shape index (κ2) is 9.16. The summed E-state index contributed by atoms with van der Waals surface area (Å²) >= 11 is 21.0. The number of amides is 4. The maximum atomic E-state index is 14.0. The molecule has 6 atom stereocenters. The molecule has 0 aromatic heterocycles. The Labute approximate surface area is 251 Å². The van der Waals surface area contributed by atoms with E-state index in [1.54, 1.807) is 49.4 Å². The van der Waals surface area contributed by atoms with E-state index >= 15 is 0 Å². The van der Waals surface area contributed by atoms with Crippen LogP contribution in [0.5, 0.6) is 5.75 Å². The van der Waals surface area contributed by atoms with E-state index in [-0.39, 0.29) is 35.9 Å². The summed E-state index contributed by atoms with van der Waals surface area (Å²) in [4.78, 5) is 53.3. The predicted octanol–water partition coefficient (Wildman–Crippen LogP) is 5.38. The maximum Gasteiger partial charge on any atom is 0.254 e. The normalized spacial score (nSPS) is 33.7. The molecular formula is C28H22Br2Cl2N2O5. The van der Waals surface area contributed by atoms with Gasteiger partial charge in [-0.2, -0.15) is 0 Å². The fraction of sp³-hybridized carbons (Fsp3) is 0.357. The minimum Gasteiger partial charge on any atom is -0.507 e. The Balaban J connectivity index is 1.53. The molecule has 39 heavy (non-hydrogen) atoms. The van der Waals surface area contributed by atoms with Crippen LogP contribution in [0.3, 0.4) is 0 Å². The molecule has 0 unspecified atom stereocenters. The number of likely N-dealkylation sites (tertiary alicyclic amines) is 1. The van der Waals surface area contributed by atoms with Crippen LogP contribution in [0, 0.1) is 24.7 Å². The van der Waals surface area contributed by atoms with Gasteiger partial charge in [0.15, 0.2) is 9.75 Å². The number of nitrogens with zero attached hydrogens (tertiary/aromatic N) is 2. The molecule has 4 amide bonds. The summed E-state index contributed by atoms with van der Waals surface area (Å²) in [6, 6.07) is 12.0. The number of phenolic OH excluding ortho intramolecular Hbond substituents is 1. The van der Waals surface area contributed by atoms with E-state index in [0.717, 1.165) is 9.37 Å². The maximum absolute atomic E-state index is 14.0. The second-order valence-corrected chi connectivity index (χ2v) is 13.1. The zero-order valence-electron chi connectivity index (χ0n) is 20.5. The van der Waals surface area contributed by atoms with Crippen LogP contribution in [0.4, 0.5) is 5.69 Å². The lowest BCUT2D eigenvalue weighted by atomic mass is 9.56. The zero-order valence-corrected chi connectivity index (χ0v) is 25.2. The number of phenols is 1. The second-order valence-electron chi connectivity index (χ2n) is 10.5. The van der Waals surface area contributed by atoms with Crippen LogP contribution in [0.15, 0.2) is 58.6 Å². The van der Waals surface area contributed by atoms with Gasteiger partial charge < -0.3 is 5.11 Å². The number of alkyl halides is 3. The molecule has 4 aliphatic rings. The van der Waals surface area contributed by atoms with E-state index < -0.39 is 45.2 Å². The number of rotatable bonds is 3. The number of aryl methyl sites for hydroxylation is 1. The average molecular weight is 697 g/mol. The number of aromatic hydroxyl groups is 1. The quantitative estimate of drug-likeness (QED) is 0.201. The molecule has 7 nitrogen and oxygen atoms in total. The number of allylic oxidation sites excluding steroid dienone is 2. The van der Waals surface area contributed by atoms with Crippen molar-refractivity contribution in [1.82, 2.24) is 4.90 Å². The Kier molecular flexibility index (Phi) is 6.34. The largest absolute Gasteiger partial charge is 0.507 e. The van der Waals surface area contributed by atoms with Gasteiger partial charge in [-0.25, -0.2) is 0 Å². The SMILES string of the molecule is Cc1cccc([C@H]2C3=CC[C@@H]4C(=O)N(c5ccc(Br)cc5)C(=O)[C@@H]4[C@@H]3C[C@@]3(Cl)C(=O)N(CBr)C(=O)[C@@]23Cl)c1O. The van der Waals surface area contributed by atoms with Crippen molar-refractivity contribution in [3.63, 3.8) is 0 Å². The van der Waals surface area contributed by atoms with Crippen LogP contribution in [0.2, 0.25) is 0 Å². The molecule has 0 spiro atoms. The number of para-hydroxylation sites is 1. The fourth-order valence-electron chi connectivity index (χ4n) is 6.86. The van der Waals surface area contributed by atoms with Crippen molar-refractivity contribution < 1.29 is 24.3 Å². The Morgan fingerprint density at radius 3 is 2.36 bits per heavy atom. The molecule has 1 saturated carbocycles. The number of imide groups is 2. The van der Waals surface area contributed by atoms with Crippen molar-refractivity contribution in [2.75, 3.05) is 10.4 Å². The van der Waals surface area contributed by atoms with Crippen molar-refractivity contribution >= 4 is 84.4 Å². The summed E-state index contributed by atoms with van der Waals surface area (Å²) in [6.07, 6.45) is 2.00. The van der Waals surface area contributed by atoms with Crippen LogP contribution in [-0.2, 0) is 19.2 Å². The molecule has 0 bridgehead atoms. The minimum atomic E-state index is -1.95. The predicted molar refractivity (Wildman–Crippen MR) is 153 cm³/mol. The van der Waals surface area contributed by atoms with Gasteiger partial charge in [-0.05, 0) is 55.5 Å². The Morgan fingerprint density at radius 2 is 1.69 bits per heavy atom. The first-order chi connectivity index (χ1) is 18.5. The number of hydrogen-bond donors (Lipinski definition) is 1. The smallest absolute Gasteiger partial charge is 0.254 e. The fourth-order valence-corrected chi connectivity index (χ4v) is 8.54. The summed E-state index contributed by atoms with van der Waals surface area (Å²) in [5.74, 6) is -5.19. The number of fused-ring (bicyclic) bond motifs is 4. The highest BCUT2D eigenvalue weighted by Gasteiger charge is 2.76. The Bertz CT molecular complexity index is 1500. The molecule has 2 aromatic carbocycles. The van der Waals surface area contributed by atoms with E-state index in [1.165, 1.54) is 4.90 Å². The third kappa shape index (κ3) is 3.46. The van der Waals surface area contributed by atoms with Gasteiger partial charge >= 0.3 is 0 Å². The van der Waals surface area contributed by atoms with Crippen LogP contribution >= 0.6 is 55.1 Å². The van der Waals surface area contributed by atoms with E-state index in [1.807, 2.05) is 6.08 Å². The molecule has 2 aromatic rings. The highest BCUT2D eigenvalue weighted by atomic mass is 79.9. The summed E-state index contributed by atoms with van der Waals surface area (Å²) in [5.41, 5.74) is 1.90. The van der Waals surface area contributed by atoms with Crippen molar-refractivity contribution in [3.8, 4) is 5.75 Å². The van der Waals surface area contributed by atoms with E-state index in [4.69, 9.17) is 23.2 Å². The van der Waals surface area contributed by atoms with Gasteiger partial charge in [0.05, 0.1) is 23.0 Å². The molecular weight excluding hydrogens is 675 g/mol. The zero-order chi connectivity index (χ0) is 28.0. The third-order valence-electron chi connectivity index (χ3n) is 8.68. The lowest BCUT2D eigenvalue weighted by Gasteiger charge is -2.50. The standard InChI is InChI=1S/C28H22Br2Cl2N2O5/c1-13-3-2-4-18(22(13)35)21-16-9-10-17-20(24(37)34(23(17)36)15-7-5-14(30)6-8-15)19(16)11-27(31)25(38)33(12-29)26(39)28(21,27)32/h2-9,17,19-21,35H,10-12H2,1H3/t17-,19+,20-,21+,27+,28-/m0/s1. The molecule has 3 fully saturated rings. The van der Waals surface area contributed by atoms with Gasteiger partial charge in [-0.15, -0.1) is 23.2 Å². The molecule has 11 heteroatoms. The van der Waals surface area contributed by atoms with Crippen molar-refractivity contribution in [2.45, 2.75) is 35.4 Å². The lowest BCUT2D eigenvalue weighted by Crippen LogP contribution is -2.60. The van der Waals surface area contributed by atoms with Crippen LogP contribution in [0.25, 0.3) is 0 Å². The molecule has 2 aliphatic carbocycles. The highest BCUT2D eigenvalue weighted by molar-refractivity contribution is 9.10. The number of carbonyl (C=O) groups is 4. The van der Waals surface area contributed by atoms with Gasteiger partial charge in [0.2, 0.25) is 11.8 Å². The van der Waals surface area contributed by atoms with Crippen LogP contribution in [0.1, 0.15) is 29.9 Å². The number of halogens is 4. The van der Waals surface area contributed by atoms with Gasteiger partial charge in [-0.3, -0.25) is 29.0 Å².